The van der Waals surface area contributed by atoms with Gasteiger partial charge in [0.15, 0.2) is 5.11 Å². The summed E-state index contributed by atoms with van der Waals surface area (Å²) >= 11 is 5.79. The van der Waals surface area contributed by atoms with Gasteiger partial charge in [-0.05, 0) is 69.0 Å². The number of nitrogens with one attached hydrogen (secondary N) is 2. The highest BCUT2D eigenvalue weighted by Crippen LogP contribution is 2.19. The van der Waals surface area contributed by atoms with Gasteiger partial charge in [-0.25, -0.2) is 0 Å². The number of fused-ring (bicyclic) bond motifs is 1. The average molecular weight is 504 g/mol. The number of thiocarbonyl (C=S) groups is 1. The molecular formula is C26H41N5O3S. The zero-order valence-electron chi connectivity index (χ0n) is 21.5. The highest BCUT2D eigenvalue weighted by Gasteiger charge is 2.15. The van der Waals surface area contributed by atoms with E-state index in [0.717, 1.165) is 95.1 Å². The molecule has 0 aliphatic carbocycles. The Morgan fingerprint density at radius 1 is 1.17 bits per heavy atom. The first kappa shape index (κ1) is 27.4. The summed E-state index contributed by atoms with van der Waals surface area (Å²) in [5.74, 6) is 0.767. The number of methoxy groups -OCH3 is 1. The van der Waals surface area contributed by atoms with Gasteiger partial charge in [-0.3, -0.25) is 9.69 Å². The van der Waals surface area contributed by atoms with Gasteiger partial charge in [0.2, 0.25) is 0 Å². The standard InChI is InChI=1S/C26H41N5O3S/c1-4-29(5-2)11-6-10-27-26(35)31(13-7-12-30-14-16-34-17-15-30)20-22-18-21-19-23(33-3)8-9-24(21)28-25(22)32/h8-9,18-19H,4-7,10-17,20H2,1-3H3,(H,27,35)(H,28,32). The van der Waals surface area contributed by atoms with Gasteiger partial charge in [0, 0.05) is 49.2 Å². The Labute approximate surface area is 214 Å². The molecule has 2 N–H and O–H groups in total. The summed E-state index contributed by atoms with van der Waals surface area (Å²) in [5, 5.41) is 5.09. The van der Waals surface area contributed by atoms with Crippen LogP contribution in [0.1, 0.15) is 32.3 Å². The molecule has 0 saturated carbocycles. The molecule has 3 rings (SSSR count). The first-order valence-corrected chi connectivity index (χ1v) is 13.2. The van der Waals surface area contributed by atoms with E-state index >= 15 is 0 Å². The van der Waals surface area contributed by atoms with Crippen LogP contribution in [0.5, 0.6) is 5.75 Å². The lowest BCUT2D eigenvalue weighted by atomic mass is 10.1. The third kappa shape index (κ3) is 8.45. The largest absolute Gasteiger partial charge is 0.497 e. The monoisotopic (exact) mass is 503 g/mol. The van der Waals surface area contributed by atoms with Gasteiger partial charge in [-0.2, -0.15) is 0 Å². The summed E-state index contributed by atoms with van der Waals surface area (Å²) < 4.78 is 10.8. The molecule has 0 amide bonds. The minimum atomic E-state index is -0.0785. The van der Waals surface area contributed by atoms with Crippen molar-refractivity contribution >= 4 is 28.2 Å². The number of nitrogens with zero attached hydrogens (tertiary/aromatic N) is 3. The molecule has 9 heteroatoms. The Morgan fingerprint density at radius 2 is 1.94 bits per heavy atom. The highest BCUT2D eigenvalue weighted by molar-refractivity contribution is 7.80. The summed E-state index contributed by atoms with van der Waals surface area (Å²) in [4.78, 5) is 22.8. The van der Waals surface area contributed by atoms with Crippen LogP contribution in [0.2, 0.25) is 0 Å². The number of aromatic amines is 1. The van der Waals surface area contributed by atoms with Gasteiger partial charge in [0.1, 0.15) is 5.75 Å². The van der Waals surface area contributed by atoms with Crippen LogP contribution < -0.4 is 15.6 Å². The Bertz CT molecular complexity index is 989. The molecule has 0 spiro atoms. The van der Waals surface area contributed by atoms with E-state index in [1.807, 2.05) is 24.3 Å². The summed E-state index contributed by atoms with van der Waals surface area (Å²) in [6, 6.07) is 7.63. The van der Waals surface area contributed by atoms with Gasteiger partial charge in [-0.1, -0.05) is 13.8 Å². The minimum Gasteiger partial charge on any atom is -0.497 e. The molecule has 8 nitrogen and oxygen atoms in total. The fraction of sp³-hybridized carbons (Fsp3) is 0.615. The number of hydrogen-bond acceptors (Lipinski definition) is 6. The number of H-pyrrole nitrogens is 1. The van der Waals surface area contributed by atoms with Crippen molar-refractivity contribution < 1.29 is 9.47 Å². The number of benzene rings is 1. The quantitative estimate of drug-likeness (QED) is 0.319. The van der Waals surface area contributed by atoms with Crippen LogP contribution in [0, 0.1) is 0 Å². The van der Waals surface area contributed by atoms with Crippen LogP contribution in [0.15, 0.2) is 29.1 Å². The molecule has 0 bridgehead atoms. The molecule has 0 atom stereocenters. The zero-order chi connectivity index (χ0) is 25.0. The molecule has 1 fully saturated rings. The maximum absolute atomic E-state index is 12.9. The maximum Gasteiger partial charge on any atom is 0.253 e. The van der Waals surface area contributed by atoms with Gasteiger partial charge in [0.05, 0.1) is 26.9 Å². The van der Waals surface area contributed by atoms with Gasteiger partial charge < -0.3 is 29.6 Å². The number of morpholine rings is 1. The second-order valence-corrected chi connectivity index (χ2v) is 9.31. The van der Waals surface area contributed by atoms with Crippen molar-refractivity contribution in [2.45, 2.75) is 33.2 Å². The molecule has 1 aliphatic heterocycles. The van der Waals surface area contributed by atoms with Crippen LogP contribution in [-0.4, -0.2) is 97.5 Å². The van der Waals surface area contributed by atoms with Crippen molar-refractivity contribution in [1.29, 1.82) is 0 Å². The van der Waals surface area contributed by atoms with Crippen LogP contribution in [0.4, 0.5) is 0 Å². The molecular weight excluding hydrogens is 462 g/mol. The second kappa shape index (κ2) is 14.4. The Morgan fingerprint density at radius 3 is 2.66 bits per heavy atom. The molecule has 2 aromatic rings. The van der Waals surface area contributed by atoms with E-state index in [1.54, 1.807) is 7.11 Å². The summed E-state index contributed by atoms with van der Waals surface area (Å²) in [6.45, 7) is 14.2. The molecule has 0 unspecified atom stereocenters. The molecule has 1 aromatic heterocycles. The Hall–Kier alpha value is -2.20. The van der Waals surface area contributed by atoms with Gasteiger partial charge in [0.25, 0.3) is 5.56 Å². The van der Waals surface area contributed by atoms with E-state index < -0.39 is 0 Å². The van der Waals surface area contributed by atoms with E-state index in [2.05, 4.69) is 38.8 Å². The van der Waals surface area contributed by atoms with Crippen molar-refractivity contribution in [3.05, 3.63) is 40.2 Å². The highest BCUT2D eigenvalue weighted by atomic mass is 32.1. The van der Waals surface area contributed by atoms with Crippen molar-refractivity contribution in [1.82, 2.24) is 25.0 Å². The predicted molar refractivity (Wildman–Crippen MR) is 146 cm³/mol. The molecule has 0 radical (unpaired) electrons. The normalized spacial score (nSPS) is 14.4. The number of ether oxygens (including phenoxy) is 2. The van der Waals surface area contributed by atoms with E-state index in [0.29, 0.717) is 17.2 Å². The van der Waals surface area contributed by atoms with Crippen LogP contribution >= 0.6 is 12.2 Å². The lowest BCUT2D eigenvalue weighted by Crippen LogP contribution is -2.43. The second-order valence-electron chi connectivity index (χ2n) is 8.92. The molecule has 1 aliphatic rings. The molecule has 1 saturated heterocycles. The topological polar surface area (TPSA) is 73.1 Å². The van der Waals surface area contributed by atoms with E-state index in [1.165, 1.54) is 0 Å². The van der Waals surface area contributed by atoms with Crippen LogP contribution in [0.3, 0.4) is 0 Å². The van der Waals surface area contributed by atoms with Gasteiger partial charge >= 0.3 is 0 Å². The lowest BCUT2D eigenvalue weighted by molar-refractivity contribution is 0.0367. The summed E-state index contributed by atoms with van der Waals surface area (Å²) in [7, 11) is 1.65. The van der Waals surface area contributed by atoms with E-state index in [4.69, 9.17) is 21.7 Å². The minimum absolute atomic E-state index is 0.0785. The van der Waals surface area contributed by atoms with E-state index in [-0.39, 0.29) is 5.56 Å². The SMILES string of the molecule is CCN(CC)CCCNC(=S)N(CCCN1CCOCC1)Cc1cc2cc(OC)ccc2[nH]c1=O. The average Bonchev–Trinajstić information content (AvgIpc) is 2.88. The Balaban J connectivity index is 1.67. The van der Waals surface area contributed by atoms with E-state index in [9.17, 15) is 4.79 Å². The molecule has 194 valence electrons. The number of pyridine rings is 1. The zero-order valence-corrected chi connectivity index (χ0v) is 22.3. The third-order valence-corrected chi connectivity index (χ3v) is 7.01. The number of rotatable bonds is 13. The van der Waals surface area contributed by atoms with Crippen LogP contribution in [-0.2, 0) is 11.3 Å². The Kier molecular flexibility index (Phi) is 11.3. The van der Waals surface area contributed by atoms with Crippen molar-refractivity contribution in [2.75, 3.05) is 72.7 Å². The molecule has 35 heavy (non-hydrogen) atoms. The van der Waals surface area contributed by atoms with Crippen molar-refractivity contribution in [2.24, 2.45) is 0 Å². The number of hydrogen-bond donors (Lipinski definition) is 2. The van der Waals surface area contributed by atoms with Gasteiger partial charge in [-0.15, -0.1) is 0 Å². The fourth-order valence-electron chi connectivity index (χ4n) is 4.39. The van der Waals surface area contributed by atoms with Crippen molar-refractivity contribution in [3.8, 4) is 5.75 Å². The smallest absolute Gasteiger partial charge is 0.253 e. The first-order chi connectivity index (χ1) is 17.0. The summed E-state index contributed by atoms with van der Waals surface area (Å²) in [5.41, 5.74) is 1.42. The van der Waals surface area contributed by atoms with Crippen molar-refractivity contribution in [3.63, 3.8) is 0 Å². The van der Waals surface area contributed by atoms with Crippen LogP contribution in [0.25, 0.3) is 10.9 Å². The molecule has 2 heterocycles. The third-order valence-electron chi connectivity index (χ3n) is 6.60. The summed E-state index contributed by atoms with van der Waals surface area (Å²) in [6.07, 6.45) is 2.00. The number of aromatic nitrogens is 1. The fourth-order valence-corrected chi connectivity index (χ4v) is 4.65. The predicted octanol–water partition coefficient (Wildman–Crippen LogP) is 2.67. The first-order valence-electron chi connectivity index (χ1n) is 12.8. The molecule has 1 aromatic carbocycles. The lowest BCUT2D eigenvalue weighted by Gasteiger charge is -2.29. The maximum atomic E-state index is 12.9.